The minimum Gasteiger partial charge on any atom is -0.482 e. The number of thiophene rings is 1. The van der Waals surface area contributed by atoms with Crippen LogP contribution in [0.15, 0.2) is 45.3 Å². The van der Waals surface area contributed by atoms with Crippen LogP contribution in [0.2, 0.25) is 0 Å². The number of hydrogen-bond acceptors (Lipinski definition) is 6. The van der Waals surface area contributed by atoms with Gasteiger partial charge in [-0.25, -0.2) is 9.79 Å². The lowest BCUT2D eigenvalue weighted by Gasteiger charge is -2.35. The van der Waals surface area contributed by atoms with E-state index in [-0.39, 0.29) is 5.92 Å². The summed E-state index contributed by atoms with van der Waals surface area (Å²) < 4.78 is 16.6. The Hall–Kier alpha value is -2.08. The number of methoxy groups -OCH3 is 1. The van der Waals surface area contributed by atoms with Crippen LogP contribution in [0.1, 0.15) is 24.5 Å². The Morgan fingerprint density at radius 1 is 1.39 bits per heavy atom. The molecule has 1 aliphatic heterocycles. The van der Waals surface area contributed by atoms with Crippen LogP contribution in [0.3, 0.4) is 0 Å². The van der Waals surface area contributed by atoms with Crippen molar-refractivity contribution in [3.8, 4) is 0 Å². The van der Waals surface area contributed by atoms with Crippen LogP contribution in [0.25, 0.3) is 0 Å². The fourth-order valence-electron chi connectivity index (χ4n) is 2.68. The van der Waals surface area contributed by atoms with Crippen molar-refractivity contribution in [3.05, 3.63) is 46.5 Å². The number of ether oxygens (including phenoxy) is 2. The zero-order chi connectivity index (χ0) is 16.4. The van der Waals surface area contributed by atoms with Crippen LogP contribution in [-0.4, -0.2) is 25.1 Å². The van der Waals surface area contributed by atoms with E-state index in [1.165, 1.54) is 6.26 Å². The number of aliphatic imine (C=N–C) groups is 1. The Morgan fingerprint density at radius 3 is 2.78 bits per heavy atom. The number of cyclic esters (lactones) is 1. The Morgan fingerprint density at radius 2 is 2.22 bits per heavy atom. The summed E-state index contributed by atoms with van der Waals surface area (Å²) in [5.41, 5.74) is -1.23. The molecule has 0 amide bonds. The lowest BCUT2D eigenvalue weighted by Crippen LogP contribution is -2.49. The average molecular weight is 333 g/mol. The van der Waals surface area contributed by atoms with Gasteiger partial charge in [-0.2, -0.15) is 0 Å². The van der Waals surface area contributed by atoms with Gasteiger partial charge in [0.2, 0.25) is 11.4 Å². The van der Waals surface area contributed by atoms with E-state index in [0.29, 0.717) is 18.1 Å². The lowest BCUT2D eigenvalue weighted by molar-refractivity contribution is -0.158. The van der Waals surface area contributed by atoms with Crippen LogP contribution in [0, 0.1) is 5.92 Å². The highest BCUT2D eigenvalue weighted by molar-refractivity contribution is 7.09. The summed E-state index contributed by atoms with van der Waals surface area (Å²) in [5, 5.41) is 1.97. The lowest BCUT2D eigenvalue weighted by atomic mass is 9.89. The van der Waals surface area contributed by atoms with Crippen LogP contribution >= 0.6 is 11.3 Å². The van der Waals surface area contributed by atoms with Gasteiger partial charge in [-0.1, -0.05) is 19.9 Å². The van der Waals surface area contributed by atoms with Gasteiger partial charge in [-0.3, -0.25) is 0 Å². The monoisotopic (exact) mass is 333 g/mol. The summed E-state index contributed by atoms with van der Waals surface area (Å²) >= 11 is 1.57. The third-order valence-electron chi connectivity index (χ3n) is 3.87. The summed E-state index contributed by atoms with van der Waals surface area (Å²) in [6.45, 7) is 3.93. The molecule has 122 valence electrons. The third kappa shape index (κ3) is 2.79. The van der Waals surface area contributed by atoms with Gasteiger partial charge in [0.15, 0.2) is 6.10 Å². The number of hydrogen-bond donors (Lipinski definition) is 0. The van der Waals surface area contributed by atoms with Gasteiger partial charge in [-0.05, 0) is 29.5 Å². The Balaban J connectivity index is 2.11. The second kappa shape index (κ2) is 6.20. The highest BCUT2D eigenvalue weighted by Gasteiger charge is 2.51. The second-order valence-corrected chi connectivity index (χ2v) is 6.85. The smallest absolute Gasteiger partial charge is 0.343 e. The van der Waals surface area contributed by atoms with E-state index in [9.17, 15) is 4.79 Å². The topological polar surface area (TPSA) is 61.0 Å². The fourth-order valence-corrected chi connectivity index (χ4v) is 3.46. The SMILES string of the molecule is COC1=N[C@@](Cc2cccs2)(c2ccco2)C(=O)O[C@H]1C(C)C. The standard InChI is InChI=1S/C17H19NO4S/c1-11(2)14-15(20-3)18-17(16(19)22-14,13-7-4-8-21-13)10-12-6-5-9-23-12/h4-9,11,14H,10H2,1-3H3/t14-,17-/m0/s1. The number of carbonyl (C=O) groups is 1. The maximum absolute atomic E-state index is 12.9. The molecule has 0 bridgehead atoms. The summed E-state index contributed by atoms with van der Waals surface area (Å²) in [6, 6.07) is 7.41. The molecule has 5 nitrogen and oxygen atoms in total. The van der Waals surface area contributed by atoms with Crippen molar-refractivity contribution < 1.29 is 18.7 Å². The summed E-state index contributed by atoms with van der Waals surface area (Å²) in [5.74, 6) is 0.564. The number of furan rings is 1. The average Bonchev–Trinajstić information content (AvgIpc) is 3.21. The van der Waals surface area contributed by atoms with Crippen molar-refractivity contribution in [2.45, 2.75) is 31.9 Å². The Kier molecular flexibility index (Phi) is 4.26. The fraction of sp³-hybridized carbons (Fsp3) is 0.412. The normalized spacial score (nSPS) is 24.4. The molecule has 3 heterocycles. The van der Waals surface area contributed by atoms with Crippen molar-refractivity contribution in [3.63, 3.8) is 0 Å². The molecule has 0 aromatic carbocycles. The van der Waals surface area contributed by atoms with Gasteiger partial charge in [0.05, 0.1) is 13.4 Å². The van der Waals surface area contributed by atoms with Gasteiger partial charge in [-0.15, -0.1) is 11.3 Å². The highest BCUT2D eigenvalue weighted by atomic mass is 32.1. The molecule has 3 rings (SSSR count). The molecule has 0 fully saturated rings. The predicted octanol–water partition coefficient (Wildman–Crippen LogP) is 3.41. The van der Waals surface area contributed by atoms with Crippen LogP contribution < -0.4 is 0 Å². The molecule has 0 N–H and O–H groups in total. The summed E-state index contributed by atoms with van der Waals surface area (Å²) in [7, 11) is 1.55. The van der Waals surface area contributed by atoms with E-state index in [1.54, 1.807) is 30.6 Å². The first-order chi connectivity index (χ1) is 11.1. The molecule has 0 spiro atoms. The first-order valence-electron chi connectivity index (χ1n) is 7.48. The number of carbonyl (C=O) groups excluding carboxylic acids is 1. The van der Waals surface area contributed by atoms with Crippen molar-refractivity contribution in [1.82, 2.24) is 0 Å². The van der Waals surface area contributed by atoms with Crippen molar-refractivity contribution in [2.75, 3.05) is 7.11 Å². The minimum atomic E-state index is -1.23. The maximum Gasteiger partial charge on any atom is 0.343 e. The number of rotatable bonds is 4. The molecule has 2 aromatic rings. The van der Waals surface area contributed by atoms with E-state index in [4.69, 9.17) is 13.9 Å². The van der Waals surface area contributed by atoms with Crippen LogP contribution in [-0.2, 0) is 26.2 Å². The third-order valence-corrected chi connectivity index (χ3v) is 4.75. The largest absolute Gasteiger partial charge is 0.482 e. The van der Waals surface area contributed by atoms with Crippen molar-refractivity contribution in [2.24, 2.45) is 10.9 Å². The van der Waals surface area contributed by atoms with Crippen molar-refractivity contribution >= 4 is 23.2 Å². The molecule has 2 aromatic heterocycles. The Labute approximate surface area is 138 Å². The number of esters is 1. The molecular formula is C17H19NO4S. The first-order valence-corrected chi connectivity index (χ1v) is 8.36. The minimum absolute atomic E-state index is 0.0778. The van der Waals surface area contributed by atoms with Gasteiger partial charge in [0, 0.05) is 11.3 Å². The van der Waals surface area contributed by atoms with Gasteiger partial charge in [0.1, 0.15) is 5.76 Å². The van der Waals surface area contributed by atoms with Gasteiger partial charge >= 0.3 is 5.97 Å². The molecule has 0 radical (unpaired) electrons. The van der Waals surface area contributed by atoms with E-state index in [2.05, 4.69) is 4.99 Å². The van der Waals surface area contributed by atoms with E-state index in [0.717, 1.165) is 4.88 Å². The number of nitrogens with zero attached hydrogens (tertiary/aromatic N) is 1. The molecule has 0 aliphatic carbocycles. The van der Waals surface area contributed by atoms with E-state index >= 15 is 0 Å². The quantitative estimate of drug-likeness (QED) is 0.805. The zero-order valence-corrected chi connectivity index (χ0v) is 14.1. The van der Waals surface area contributed by atoms with Crippen molar-refractivity contribution in [1.29, 1.82) is 0 Å². The summed E-state index contributed by atoms with van der Waals surface area (Å²) in [4.78, 5) is 18.6. The molecular weight excluding hydrogens is 314 g/mol. The Bertz CT molecular complexity index is 690. The molecule has 0 saturated carbocycles. The van der Waals surface area contributed by atoms with Crippen LogP contribution in [0.4, 0.5) is 0 Å². The van der Waals surface area contributed by atoms with E-state index in [1.807, 2.05) is 31.4 Å². The van der Waals surface area contributed by atoms with Gasteiger partial charge < -0.3 is 13.9 Å². The molecule has 0 unspecified atom stereocenters. The molecule has 2 atom stereocenters. The zero-order valence-electron chi connectivity index (χ0n) is 13.3. The van der Waals surface area contributed by atoms with E-state index < -0.39 is 17.6 Å². The predicted molar refractivity (Wildman–Crippen MR) is 87.6 cm³/mol. The second-order valence-electron chi connectivity index (χ2n) is 5.82. The molecule has 6 heteroatoms. The highest BCUT2D eigenvalue weighted by Crippen LogP contribution is 2.38. The molecule has 23 heavy (non-hydrogen) atoms. The van der Waals surface area contributed by atoms with Crippen LogP contribution in [0.5, 0.6) is 0 Å². The molecule has 0 saturated heterocycles. The molecule has 1 aliphatic rings. The first kappa shape index (κ1) is 15.8. The maximum atomic E-state index is 12.9. The summed E-state index contributed by atoms with van der Waals surface area (Å²) in [6.07, 6.45) is 1.45. The van der Waals surface area contributed by atoms with Gasteiger partial charge in [0.25, 0.3) is 0 Å².